The monoisotopic (exact) mass is 245 g/mol. The molecule has 2 heterocycles. The fraction of sp³-hybridized carbons (Fsp3) is 1.00. The van der Waals surface area contributed by atoms with Crippen molar-refractivity contribution in [2.45, 2.75) is 49.2 Å². The van der Waals surface area contributed by atoms with Crippen LogP contribution in [0.2, 0.25) is 12.1 Å². The van der Waals surface area contributed by atoms with E-state index < -0.39 is 17.9 Å². The summed E-state index contributed by atoms with van der Waals surface area (Å²) in [5.74, 6) is 0. The highest BCUT2D eigenvalue weighted by Gasteiger charge is 2.35. The Kier molecular flexibility index (Phi) is 4.39. The second kappa shape index (κ2) is 5.59. The molecule has 1 N–H and O–H groups in total. The molecule has 0 amide bonds. The molecule has 2 aliphatic heterocycles. The summed E-state index contributed by atoms with van der Waals surface area (Å²) in [6, 6.07) is 2.86. The van der Waals surface area contributed by atoms with Gasteiger partial charge in [0.25, 0.3) is 0 Å². The first kappa shape index (κ1) is 11.8. The van der Waals surface area contributed by atoms with Gasteiger partial charge in [0.2, 0.25) is 0 Å². The molecule has 0 aromatic heterocycles. The van der Waals surface area contributed by atoms with Crippen LogP contribution in [-0.4, -0.2) is 43.6 Å². The van der Waals surface area contributed by atoms with Crippen LogP contribution >= 0.6 is 0 Å². The van der Waals surface area contributed by atoms with Crippen LogP contribution in [-0.2, 0) is 9.47 Å². The Labute approximate surface area is 95.9 Å². The molecule has 15 heavy (non-hydrogen) atoms. The third-order valence-corrected chi connectivity index (χ3v) is 12.4. The number of hydrogen-bond acceptors (Lipinski definition) is 3. The molecule has 0 spiro atoms. The van der Waals surface area contributed by atoms with Crippen molar-refractivity contribution in [3.05, 3.63) is 0 Å². The van der Waals surface area contributed by atoms with Crippen LogP contribution in [0.25, 0.3) is 0 Å². The van der Waals surface area contributed by atoms with Gasteiger partial charge in [0.15, 0.2) is 0 Å². The lowest BCUT2D eigenvalue weighted by Gasteiger charge is -2.25. The fourth-order valence-corrected chi connectivity index (χ4v) is 12.4. The van der Waals surface area contributed by atoms with E-state index in [-0.39, 0.29) is 0 Å². The van der Waals surface area contributed by atoms with Gasteiger partial charge in [0.1, 0.15) is 17.9 Å². The van der Waals surface area contributed by atoms with Crippen LogP contribution in [0.5, 0.6) is 0 Å². The van der Waals surface area contributed by atoms with Gasteiger partial charge < -0.3 is 14.1 Å². The van der Waals surface area contributed by atoms with E-state index in [1.807, 2.05) is 14.2 Å². The molecule has 2 rings (SSSR count). The van der Waals surface area contributed by atoms with E-state index in [9.17, 15) is 0 Å². The molecule has 0 aromatic carbocycles. The Morgan fingerprint density at radius 1 is 0.933 bits per heavy atom. The van der Waals surface area contributed by atoms with Crippen molar-refractivity contribution in [1.29, 1.82) is 0 Å². The van der Waals surface area contributed by atoms with Crippen LogP contribution < -0.4 is 4.65 Å². The summed E-state index contributed by atoms with van der Waals surface area (Å²) in [5, 5.41) is 0. The highest BCUT2D eigenvalue weighted by Crippen LogP contribution is 2.24. The maximum absolute atomic E-state index is 5.58. The first-order valence-corrected chi connectivity index (χ1v) is 10.3. The highest BCUT2D eigenvalue weighted by atomic mass is 28.4. The van der Waals surface area contributed by atoms with Gasteiger partial charge in [0.05, 0.1) is 11.5 Å². The van der Waals surface area contributed by atoms with E-state index in [4.69, 9.17) is 9.47 Å². The summed E-state index contributed by atoms with van der Waals surface area (Å²) in [7, 11) is 2.17. The lowest BCUT2D eigenvalue weighted by atomic mass is 10.4. The molecular weight excluding hydrogens is 222 g/mol. The molecule has 2 fully saturated rings. The molecule has 2 aliphatic rings. The smallest absolute Gasteiger partial charge is 0.134 e. The van der Waals surface area contributed by atoms with Crippen LogP contribution in [0.1, 0.15) is 25.7 Å². The number of nitrogens with one attached hydrogen (secondary N) is 1. The number of rotatable bonds is 4. The second-order valence-corrected chi connectivity index (χ2v) is 11.2. The number of hydrogen-bond donors (Lipinski definition) is 1. The predicted molar refractivity (Wildman–Crippen MR) is 67.1 cm³/mol. The summed E-state index contributed by atoms with van der Waals surface area (Å²) in [6.45, 7) is 0. The van der Waals surface area contributed by atoms with Crippen LogP contribution in [0.4, 0.5) is 0 Å². The Morgan fingerprint density at radius 3 is 1.80 bits per heavy atom. The Bertz CT molecular complexity index is 186. The summed E-state index contributed by atoms with van der Waals surface area (Å²) < 4.78 is 15.2. The van der Waals surface area contributed by atoms with E-state index in [0.29, 0.717) is 11.5 Å². The van der Waals surface area contributed by atoms with Crippen molar-refractivity contribution >= 4 is 17.9 Å². The average molecular weight is 245 g/mol. The van der Waals surface area contributed by atoms with E-state index in [2.05, 4.69) is 4.65 Å². The molecule has 88 valence electrons. The summed E-state index contributed by atoms with van der Waals surface area (Å²) >= 11 is 0. The molecule has 0 radical (unpaired) electrons. The van der Waals surface area contributed by atoms with E-state index in [1.54, 1.807) is 0 Å². The zero-order valence-corrected chi connectivity index (χ0v) is 12.2. The Hall–Kier alpha value is 0.314. The van der Waals surface area contributed by atoms with Gasteiger partial charge in [-0.1, -0.05) is 12.8 Å². The summed E-state index contributed by atoms with van der Waals surface area (Å²) in [5.41, 5.74) is 1.19. The molecule has 5 heteroatoms. The largest absolute Gasteiger partial charge is 0.384 e. The Balaban J connectivity index is 1.84. The van der Waals surface area contributed by atoms with Gasteiger partial charge in [-0.2, -0.15) is 0 Å². The van der Waals surface area contributed by atoms with Gasteiger partial charge in [-0.15, -0.1) is 0 Å². The molecule has 3 nitrogen and oxygen atoms in total. The van der Waals surface area contributed by atoms with Crippen LogP contribution in [0, 0.1) is 0 Å². The van der Waals surface area contributed by atoms with Crippen molar-refractivity contribution in [3.63, 3.8) is 0 Å². The minimum Gasteiger partial charge on any atom is -0.384 e. The van der Waals surface area contributed by atoms with Crippen LogP contribution in [0.3, 0.4) is 0 Å². The summed E-state index contributed by atoms with van der Waals surface area (Å²) in [4.78, 5) is 0. The van der Waals surface area contributed by atoms with Crippen molar-refractivity contribution < 1.29 is 9.47 Å². The molecule has 0 bridgehead atoms. The molecule has 0 aliphatic carbocycles. The lowest BCUT2D eigenvalue weighted by Crippen LogP contribution is -2.53. The zero-order valence-electron chi connectivity index (χ0n) is 9.87. The highest BCUT2D eigenvalue weighted by molar-refractivity contribution is 6.75. The van der Waals surface area contributed by atoms with Crippen molar-refractivity contribution in [2.24, 2.45) is 0 Å². The normalized spacial score (nSPS) is 41.2. The van der Waals surface area contributed by atoms with Crippen molar-refractivity contribution in [3.8, 4) is 0 Å². The molecule has 4 atom stereocenters. The van der Waals surface area contributed by atoms with Gasteiger partial charge in [-0.3, -0.25) is 0 Å². The predicted octanol–water partition coefficient (Wildman–Crippen LogP) is 0.720. The number of ether oxygens (including phenoxy) is 2. The van der Waals surface area contributed by atoms with Crippen molar-refractivity contribution in [1.82, 2.24) is 4.65 Å². The lowest BCUT2D eigenvalue weighted by molar-refractivity contribution is 0.156. The molecule has 2 saturated heterocycles. The minimum absolute atomic E-state index is 0.593. The van der Waals surface area contributed by atoms with E-state index >= 15 is 0 Å². The molecule has 0 saturated carbocycles. The summed E-state index contributed by atoms with van der Waals surface area (Å²) in [6.07, 6.45) is 5.33. The number of methoxy groups -OCH3 is 2. The topological polar surface area (TPSA) is 30.5 Å². The third-order valence-electron chi connectivity index (χ3n) is 3.94. The molecule has 4 unspecified atom stereocenters. The Morgan fingerprint density at radius 2 is 1.40 bits per heavy atom. The minimum atomic E-state index is -0.792. The second-order valence-electron chi connectivity index (χ2n) is 4.79. The van der Waals surface area contributed by atoms with Gasteiger partial charge in [-0.05, 0) is 24.9 Å². The van der Waals surface area contributed by atoms with Gasteiger partial charge >= 0.3 is 0 Å². The first-order valence-electron chi connectivity index (χ1n) is 6.16. The quantitative estimate of drug-likeness (QED) is 0.741. The molecular formula is C10H23NO2Si2. The first-order chi connectivity index (χ1) is 7.35. The SMILES string of the molecule is COC1CCC[SiH]1N[SiH]1CCCC1OC. The van der Waals surface area contributed by atoms with Crippen LogP contribution in [0.15, 0.2) is 0 Å². The zero-order chi connectivity index (χ0) is 10.7. The average Bonchev–Trinajstić information content (AvgIpc) is 2.87. The fourth-order valence-electron chi connectivity index (χ4n) is 3.07. The van der Waals surface area contributed by atoms with Gasteiger partial charge in [-0.25, -0.2) is 0 Å². The van der Waals surface area contributed by atoms with Crippen molar-refractivity contribution in [2.75, 3.05) is 14.2 Å². The molecule has 0 aromatic rings. The third kappa shape index (κ3) is 2.71. The van der Waals surface area contributed by atoms with E-state index in [0.717, 1.165) is 0 Å². The maximum atomic E-state index is 5.58. The van der Waals surface area contributed by atoms with Gasteiger partial charge in [0, 0.05) is 14.2 Å². The standard InChI is InChI=1S/C10H23NO2Si2/c1-12-9-5-3-7-14(9)11-15-8-4-6-10(15)13-2/h9-11,14-15H,3-8H2,1-2H3. The maximum Gasteiger partial charge on any atom is 0.134 e. The van der Waals surface area contributed by atoms with E-state index in [1.165, 1.54) is 37.8 Å².